The van der Waals surface area contributed by atoms with Crippen molar-refractivity contribution in [3.8, 4) is 0 Å². The van der Waals surface area contributed by atoms with Gasteiger partial charge in [-0.05, 0) is 16.3 Å². The molecule has 2 aromatic carbocycles. The summed E-state index contributed by atoms with van der Waals surface area (Å²) in [5, 5.41) is 6.14. The summed E-state index contributed by atoms with van der Waals surface area (Å²) >= 11 is 4.23. The Morgan fingerprint density at radius 1 is 1.06 bits per heavy atom. The van der Waals surface area contributed by atoms with Crippen LogP contribution in [-0.4, -0.2) is 18.8 Å². The third-order valence-electron chi connectivity index (χ3n) is 3.37. The van der Waals surface area contributed by atoms with Crippen molar-refractivity contribution < 1.29 is 0 Å². The average molecular weight is 259 g/mol. The molecule has 0 radical (unpaired) electrons. The lowest BCUT2D eigenvalue weighted by atomic mass is 9.81. The Labute approximate surface area is 115 Å². The molecule has 0 heterocycles. The van der Waals surface area contributed by atoms with Crippen LogP contribution in [0.25, 0.3) is 10.8 Å². The van der Waals surface area contributed by atoms with E-state index in [-0.39, 0.29) is 5.41 Å². The predicted molar refractivity (Wildman–Crippen MR) is 83.7 cm³/mol. The topological polar surface area (TPSA) is 12.0 Å². The first-order valence-corrected chi connectivity index (χ1v) is 7.08. The lowest BCUT2D eigenvalue weighted by molar-refractivity contribution is 0.482. The highest BCUT2D eigenvalue weighted by atomic mass is 32.1. The summed E-state index contributed by atoms with van der Waals surface area (Å²) in [6.07, 6.45) is 0. The molecule has 2 rings (SSSR count). The molecule has 0 saturated heterocycles. The smallest absolute Gasteiger partial charge is 0.00437 e. The van der Waals surface area contributed by atoms with Gasteiger partial charge in [-0.3, -0.25) is 0 Å². The monoisotopic (exact) mass is 259 g/mol. The van der Waals surface area contributed by atoms with Crippen LogP contribution >= 0.6 is 12.6 Å². The minimum atomic E-state index is 0.129. The van der Waals surface area contributed by atoms with Crippen molar-refractivity contribution in [2.45, 2.75) is 19.3 Å². The average Bonchev–Trinajstić information content (AvgIpc) is 2.38. The van der Waals surface area contributed by atoms with Crippen molar-refractivity contribution >= 4 is 23.4 Å². The molecule has 0 aliphatic rings. The molecule has 0 saturated carbocycles. The summed E-state index contributed by atoms with van der Waals surface area (Å²) in [5.74, 6) is 0.881. The lowest BCUT2D eigenvalue weighted by Gasteiger charge is -2.27. The number of hydrogen-bond acceptors (Lipinski definition) is 2. The third kappa shape index (κ3) is 2.88. The molecule has 1 N–H and O–H groups in total. The Morgan fingerprint density at radius 2 is 1.78 bits per heavy atom. The van der Waals surface area contributed by atoms with E-state index in [1.165, 1.54) is 16.3 Å². The van der Waals surface area contributed by atoms with Gasteiger partial charge in [0.2, 0.25) is 0 Å². The molecule has 0 aliphatic carbocycles. The highest BCUT2D eigenvalue weighted by Crippen LogP contribution is 2.29. The van der Waals surface area contributed by atoms with Crippen LogP contribution in [0.3, 0.4) is 0 Å². The number of nitrogens with one attached hydrogen (secondary N) is 1. The SMILES string of the molecule is CC(C)(CNCCS)c1cccc2ccccc12. The molecule has 0 amide bonds. The second-order valence-corrected chi connectivity index (χ2v) is 5.76. The minimum absolute atomic E-state index is 0.129. The van der Waals surface area contributed by atoms with E-state index in [2.05, 4.69) is 74.3 Å². The number of thiol groups is 1. The van der Waals surface area contributed by atoms with Gasteiger partial charge in [-0.15, -0.1) is 0 Å². The first-order chi connectivity index (χ1) is 8.65. The van der Waals surface area contributed by atoms with Gasteiger partial charge in [0.15, 0.2) is 0 Å². The molecule has 0 spiro atoms. The Morgan fingerprint density at radius 3 is 2.56 bits per heavy atom. The zero-order valence-electron chi connectivity index (χ0n) is 11.1. The van der Waals surface area contributed by atoms with Gasteiger partial charge in [0, 0.05) is 24.3 Å². The molecule has 2 aromatic rings. The summed E-state index contributed by atoms with van der Waals surface area (Å²) in [7, 11) is 0. The molecular formula is C16H21NS. The van der Waals surface area contributed by atoms with Crippen molar-refractivity contribution in [1.82, 2.24) is 5.32 Å². The maximum absolute atomic E-state index is 4.23. The molecule has 96 valence electrons. The van der Waals surface area contributed by atoms with Crippen molar-refractivity contribution in [2.24, 2.45) is 0 Å². The van der Waals surface area contributed by atoms with Gasteiger partial charge >= 0.3 is 0 Å². The van der Waals surface area contributed by atoms with E-state index in [4.69, 9.17) is 0 Å². The highest BCUT2D eigenvalue weighted by Gasteiger charge is 2.21. The lowest BCUT2D eigenvalue weighted by Crippen LogP contribution is -2.34. The Bertz CT molecular complexity index is 514. The zero-order valence-corrected chi connectivity index (χ0v) is 12.0. The van der Waals surface area contributed by atoms with E-state index in [0.29, 0.717) is 0 Å². The molecule has 0 atom stereocenters. The summed E-state index contributed by atoms with van der Waals surface area (Å²) in [4.78, 5) is 0. The van der Waals surface area contributed by atoms with Gasteiger partial charge in [-0.2, -0.15) is 12.6 Å². The maximum atomic E-state index is 4.23. The fraction of sp³-hybridized carbons (Fsp3) is 0.375. The summed E-state index contributed by atoms with van der Waals surface area (Å²) in [6.45, 7) is 6.51. The van der Waals surface area contributed by atoms with Crippen molar-refractivity contribution in [1.29, 1.82) is 0 Å². The van der Waals surface area contributed by atoms with Crippen LogP contribution in [-0.2, 0) is 5.41 Å². The standard InChI is InChI=1S/C16H21NS/c1-16(2,12-17-10-11-18)15-9-5-7-13-6-3-4-8-14(13)15/h3-9,17-18H,10-12H2,1-2H3. The molecule has 0 aliphatic heterocycles. The summed E-state index contributed by atoms with van der Waals surface area (Å²) < 4.78 is 0. The Balaban J connectivity index is 2.34. The number of hydrogen-bond donors (Lipinski definition) is 2. The van der Waals surface area contributed by atoms with E-state index in [1.807, 2.05) is 0 Å². The maximum Gasteiger partial charge on any atom is 0.00437 e. The summed E-state index contributed by atoms with van der Waals surface area (Å²) in [6, 6.07) is 15.2. The van der Waals surface area contributed by atoms with E-state index in [1.54, 1.807) is 0 Å². The molecule has 0 fully saturated rings. The largest absolute Gasteiger partial charge is 0.315 e. The second-order valence-electron chi connectivity index (χ2n) is 5.31. The van der Waals surface area contributed by atoms with Gasteiger partial charge in [0.05, 0.1) is 0 Å². The van der Waals surface area contributed by atoms with Gasteiger partial charge in [0.25, 0.3) is 0 Å². The van der Waals surface area contributed by atoms with Crippen LogP contribution in [0, 0.1) is 0 Å². The van der Waals surface area contributed by atoms with E-state index in [9.17, 15) is 0 Å². The third-order valence-corrected chi connectivity index (χ3v) is 3.60. The quantitative estimate of drug-likeness (QED) is 0.617. The molecule has 0 bridgehead atoms. The molecule has 0 unspecified atom stereocenters. The first-order valence-electron chi connectivity index (χ1n) is 6.45. The molecular weight excluding hydrogens is 238 g/mol. The zero-order chi connectivity index (χ0) is 13.0. The van der Waals surface area contributed by atoms with Gasteiger partial charge < -0.3 is 5.32 Å². The number of fused-ring (bicyclic) bond motifs is 1. The molecule has 18 heavy (non-hydrogen) atoms. The van der Waals surface area contributed by atoms with Crippen molar-refractivity contribution in [3.05, 3.63) is 48.0 Å². The fourth-order valence-corrected chi connectivity index (χ4v) is 2.55. The van der Waals surface area contributed by atoms with Crippen LogP contribution in [0.2, 0.25) is 0 Å². The van der Waals surface area contributed by atoms with Gasteiger partial charge in [-0.1, -0.05) is 56.3 Å². The van der Waals surface area contributed by atoms with Crippen molar-refractivity contribution in [3.63, 3.8) is 0 Å². The fourth-order valence-electron chi connectivity index (χ4n) is 2.39. The Kier molecular flexibility index (Phi) is 4.31. The number of benzene rings is 2. The van der Waals surface area contributed by atoms with E-state index < -0.39 is 0 Å². The van der Waals surface area contributed by atoms with Crippen LogP contribution < -0.4 is 5.32 Å². The van der Waals surface area contributed by atoms with Gasteiger partial charge in [0.1, 0.15) is 0 Å². The summed E-state index contributed by atoms with van der Waals surface area (Å²) in [5.41, 5.74) is 1.54. The highest BCUT2D eigenvalue weighted by molar-refractivity contribution is 7.80. The number of rotatable bonds is 5. The first kappa shape index (κ1) is 13.4. The van der Waals surface area contributed by atoms with Crippen LogP contribution in [0.5, 0.6) is 0 Å². The van der Waals surface area contributed by atoms with E-state index >= 15 is 0 Å². The van der Waals surface area contributed by atoms with Crippen molar-refractivity contribution in [2.75, 3.05) is 18.8 Å². The second kappa shape index (κ2) is 5.77. The minimum Gasteiger partial charge on any atom is -0.315 e. The normalized spacial score (nSPS) is 11.9. The van der Waals surface area contributed by atoms with E-state index in [0.717, 1.165) is 18.8 Å². The Hall–Kier alpha value is -0.990. The van der Waals surface area contributed by atoms with Crippen LogP contribution in [0.15, 0.2) is 42.5 Å². The molecule has 2 heteroatoms. The van der Waals surface area contributed by atoms with Gasteiger partial charge in [-0.25, -0.2) is 0 Å². The van der Waals surface area contributed by atoms with Crippen LogP contribution in [0.4, 0.5) is 0 Å². The van der Waals surface area contributed by atoms with Crippen LogP contribution in [0.1, 0.15) is 19.4 Å². The molecule has 1 nitrogen and oxygen atoms in total. The predicted octanol–water partition coefficient (Wildman–Crippen LogP) is 3.64. The molecule has 0 aromatic heterocycles.